The fourth-order valence-electron chi connectivity index (χ4n) is 3.16. The van der Waals surface area contributed by atoms with Crippen LogP contribution in [0.5, 0.6) is 0 Å². The highest BCUT2D eigenvalue weighted by atomic mass is 32.2. The second kappa shape index (κ2) is 9.91. The van der Waals surface area contributed by atoms with Gasteiger partial charge in [-0.05, 0) is 45.4 Å². The normalized spacial score (nSPS) is 12.0. The van der Waals surface area contributed by atoms with Crippen LogP contribution in [-0.4, -0.2) is 39.6 Å². The quantitative estimate of drug-likeness (QED) is 0.534. The molecule has 7 heteroatoms. The van der Waals surface area contributed by atoms with Crippen LogP contribution in [-0.2, 0) is 16.1 Å². The molecule has 0 spiro atoms. The van der Waals surface area contributed by atoms with Gasteiger partial charge in [-0.15, -0.1) is 10.2 Å². The molecule has 0 aliphatic heterocycles. The lowest BCUT2D eigenvalue weighted by molar-refractivity contribution is -0.115. The third-order valence-electron chi connectivity index (χ3n) is 4.80. The number of rotatable bonds is 8. The van der Waals surface area contributed by atoms with Crippen molar-refractivity contribution in [2.24, 2.45) is 0 Å². The van der Waals surface area contributed by atoms with Gasteiger partial charge in [0.05, 0.1) is 18.4 Å². The van der Waals surface area contributed by atoms with E-state index in [1.807, 2.05) is 49.6 Å². The highest BCUT2D eigenvalue weighted by Gasteiger charge is 2.21. The summed E-state index contributed by atoms with van der Waals surface area (Å²) >= 11 is 1.40. The first kappa shape index (κ1) is 22.1. The van der Waals surface area contributed by atoms with Crippen molar-refractivity contribution in [2.45, 2.75) is 44.6 Å². The molecule has 30 heavy (non-hydrogen) atoms. The number of benzene rings is 2. The maximum atomic E-state index is 12.8. The largest absolute Gasteiger partial charge is 0.383 e. The van der Waals surface area contributed by atoms with Crippen molar-refractivity contribution in [2.75, 3.05) is 19.0 Å². The summed E-state index contributed by atoms with van der Waals surface area (Å²) in [5.74, 6) is 0.714. The molecular formula is C23H28N4O2S. The smallest absolute Gasteiger partial charge is 0.237 e. The Bertz CT molecular complexity index is 1030. The Hall–Kier alpha value is -2.64. The zero-order valence-electron chi connectivity index (χ0n) is 18.1. The molecule has 0 bridgehead atoms. The van der Waals surface area contributed by atoms with Gasteiger partial charge in [-0.3, -0.25) is 9.36 Å². The number of aromatic nitrogens is 3. The molecule has 0 saturated heterocycles. The molecule has 1 heterocycles. The number of thioether (sulfide) groups is 1. The standard InChI is InChI=1S/C23H28N4O2S/c1-15-7-6-8-19(14-15)21-25-26-23(27(21)11-12-29-5)30-18(4)22(28)24-20-10-9-16(2)13-17(20)3/h6-10,13-14,18H,11-12H2,1-5H3,(H,24,28)/t18-/m1/s1. The van der Waals surface area contributed by atoms with Crippen LogP contribution in [0, 0.1) is 20.8 Å². The molecule has 1 amide bonds. The second-order valence-corrected chi connectivity index (χ2v) is 8.70. The van der Waals surface area contributed by atoms with Crippen LogP contribution in [0.1, 0.15) is 23.6 Å². The topological polar surface area (TPSA) is 69.0 Å². The second-order valence-electron chi connectivity index (χ2n) is 7.39. The minimum Gasteiger partial charge on any atom is -0.383 e. The minimum atomic E-state index is -0.332. The summed E-state index contributed by atoms with van der Waals surface area (Å²) in [4.78, 5) is 12.8. The van der Waals surface area contributed by atoms with Gasteiger partial charge in [-0.25, -0.2) is 0 Å². The van der Waals surface area contributed by atoms with E-state index in [9.17, 15) is 4.79 Å². The van der Waals surface area contributed by atoms with Gasteiger partial charge in [-0.2, -0.15) is 0 Å². The van der Waals surface area contributed by atoms with Crippen molar-refractivity contribution in [1.82, 2.24) is 14.8 Å². The Morgan fingerprint density at radius 2 is 1.90 bits per heavy atom. The number of ether oxygens (including phenoxy) is 1. The lowest BCUT2D eigenvalue weighted by atomic mass is 10.1. The van der Waals surface area contributed by atoms with Gasteiger partial charge in [0.2, 0.25) is 5.91 Å². The molecule has 158 valence electrons. The van der Waals surface area contributed by atoms with Crippen molar-refractivity contribution < 1.29 is 9.53 Å². The average Bonchev–Trinajstić information content (AvgIpc) is 3.10. The molecule has 1 aromatic heterocycles. The van der Waals surface area contributed by atoms with E-state index in [1.54, 1.807) is 7.11 Å². The molecular weight excluding hydrogens is 396 g/mol. The first-order chi connectivity index (χ1) is 14.4. The van der Waals surface area contributed by atoms with E-state index in [-0.39, 0.29) is 11.2 Å². The van der Waals surface area contributed by atoms with E-state index >= 15 is 0 Å². The van der Waals surface area contributed by atoms with E-state index in [2.05, 4.69) is 40.6 Å². The summed E-state index contributed by atoms with van der Waals surface area (Å²) in [6.07, 6.45) is 0. The third kappa shape index (κ3) is 5.29. The van der Waals surface area contributed by atoms with E-state index in [4.69, 9.17) is 4.74 Å². The fraction of sp³-hybridized carbons (Fsp3) is 0.348. The molecule has 3 aromatic rings. The molecule has 6 nitrogen and oxygen atoms in total. The van der Waals surface area contributed by atoms with Gasteiger partial charge < -0.3 is 10.1 Å². The highest BCUT2D eigenvalue weighted by molar-refractivity contribution is 8.00. The van der Waals surface area contributed by atoms with E-state index in [1.165, 1.54) is 17.3 Å². The Balaban J connectivity index is 1.80. The molecule has 2 aromatic carbocycles. The van der Waals surface area contributed by atoms with Crippen LogP contribution in [0.15, 0.2) is 47.6 Å². The Morgan fingerprint density at radius 1 is 1.13 bits per heavy atom. The zero-order valence-corrected chi connectivity index (χ0v) is 18.9. The Morgan fingerprint density at radius 3 is 2.60 bits per heavy atom. The predicted octanol–water partition coefficient (Wildman–Crippen LogP) is 4.64. The summed E-state index contributed by atoms with van der Waals surface area (Å²) in [6, 6.07) is 14.2. The number of hydrogen-bond donors (Lipinski definition) is 1. The molecule has 0 aliphatic carbocycles. The monoisotopic (exact) mass is 424 g/mol. The summed E-state index contributed by atoms with van der Waals surface area (Å²) in [5.41, 5.74) is 5.20. The number of anilines is 1. The van der Waals surface area contributed by atoms with Crippen molar-refractivity contribution in [3.05, 3.63) is 59.2 Å². The first-order valence-corrected chi connectivity index (χ1v) is 10.8. The number of nitrogens with zero attached hydrogens (tertiary/aromatic N) is 3. The lowest BCUT2D eigenvalue weighted by Gasteiger charge is -2.15. The Labute approximate surface area is 182 Å². The lowest BCUT2D eigenvalue weighted by Crippen LogP contribution is -2.23. The van der Waals surface area contributed by atoms with Crippen LogP contribution in [0.2, 0.25) is 0 Å². The first-order valence-electron chi connectivity index (χ1n) is 9.93. The third-order valence-corrected chi connectivity index (χ3v) is 5.88. The summed E-state index contributed by atoms with van der Waals surface area (Å²) in [7, 11) is 1.67. The van der Waals surface area contributed by atoms with Gasteiger partial charge >= 0.3 is 0 Å². The Kier molecular flexibility index (Phi) is 7.29. The van der Waals surface area contributed by atoms with Gasteiger partial charge in [0.1, 0.15) is 0 Å². The molecule has 0 unspecified atom stereocenters. The maximum Gasteiger partial charge on any atom is 0.237 e. The van der Waals surface area contributed by atoms with Crippen LogP contribution in [0.4, 0.5) is 5.69 Å². The number of carbonyl (C=O) groups is 1. The van der Waals surface area contributed by atoms with Crippen molar-refractivity contribution >= 4 is 23.4 Å². The van der Waals surface area contributed by atoms with E-state index < -0.39 is 0 Å². The fourth-order valence-corrected chi connectivity index (χ4v) is 4.03. The summed E-state index contributed by atoms with van der Waals surface area (Å²) in [6.45, 7) is 9.11. The van der Waals surface area contributed by atoms with E-state index in [0.717, 1.165) is 28.2 Å². The number of hydrogen-bond acceptors (Lipinski definition) is 5. The summed E-state index contributed by atoms with van der Waals surface area (Å²) in [5, 5.41) is 12.2. The van der Waals surface area contributed by atoms with Gasteiger partial charge in [0.15, 0.2) is 11.0 Å². The molecule has 0 saturated carbocycles. The zero-order chi connectivity index (χ0) is 21.7. The summed E-state index contributed by atoms with van der Waals surface area (Å²) < 4.78 is 7.29. The predicted molar refractivity (Wildman–Crippen MR) is 122 cm³/mol. The molecule has 0 aliphatic rings. The molecule has 1 N–H and O–H groups in total. The maximum absolute atomic E-state index is 12.8. The number of nitrogens with one attached hydrogen (secondary N) is 1. The van der Waals surface area contributed by atoms with Gasteiger partial charge in [0, 0.05) is 18.4 Å². The average molecular weight is 425 g/mol. The van der Waals surface area contributed by atoms with Gasteiger partial charge in [-0.1, -0.05) is 53.2 Å². The molecule has 0 radical (unpaired) electrons. The number of carbonyl (C=O) groups excluding carboxylic acids is 1. The van der Waals surface area contributed by atoms with Gasteiger partial charge in [0.25, 0.3) is 0 Å². The number of amides is 1. The van der Waals surface area contributed by atoms with Crippen molar-refractivity contribution in [3.63, 3.8) is 0 Å². The van der Waals surface area contributed by atoms with E-state index in [0.29, 0.717) is 18.3 Å². The number of aryl methyl sites for hydroxylation is 3. The van der Waals surface area contributed by atoms with Crippen LogP contribution in [0.3, 0.4) is 0 Å². The molecule has 1 atom stereocenters. The highest BCUT2D eigenvalue weighted by Crippen LogP contribution is 2.28. The van der Waals surface area contributed by atoms with Crippen molar-refractivity contribution in [1.29, 1.82) is 0 Å². The molecule has 3 rings (SSSR count). The van der Waals surface area contributed by atoms with Crippen molar-refractivity contribution in [3.8, 4) is 11.4 Å². The van der Waals surface area contributed by atoms with Crippen LogP contribution >= 0.6 is 11.8 Å². The number of methoxy groups -OCH3 is 1. The SMILES string of the molecule is COCCn1c(S[C@H](C)C(=O)Nc2ccc(C)cc2C)nnc1-c1cccc(C)c1. The van der Waals surface area contributed by atoms with Crippen LogP contribution in [0.25, 0.3) is 11.4 Å². The van der Waals surface area contributed by atoms with Crippen LogP contribution < -0.4 is 5.32 Å². The minimum absolute atomic E-state index is 0.0645. The molecule has 0 fully saturated rings.